The molecule has 1 heterocycles. The van der Waals surface area contributed by atoms with E-state index in [1.54, 1.807) is 0 Å². The Hall–Kier alpha value is -1.26. The highest BCUT2D eigenvalue weighted by Gasteiger charge is 2.19. The van der Waals surface area contributed by atoms with Crippen molar-refractivity contribution >= 4 is 11.5 Å². The van der Waals surface area contributed by atoms with Crippen LogP contribution in [0.5, 0.6) is 0 Å². The summed E-state index contributed by atoms with van der Waals surface area (Å²) in [5.74, 6) is 0. The molecule has 0 aliphatic rings. The van der Waals surface area contributed by atoms with Crippen LogP contribution in [0.15, 0.2) is 12.1 Å². The topological polar surface area (TPSA) is 46.0 Å². The van der Waals surface area contributed by atoms with E-state index in [1.165, 1.54) is 22.7 Å². The lowest BCUT2D eigenvalue weighted by molar-refractivity contribution is 0.222. The first kappa shape index (κ1) is 13.2. The van der Waals surface area contributed by atoms with Gasteiger partial charge in [0.05, 0.1) is 10.6 Å². The van der Waals surface area contributed by atoms with E-state index < -0.39 is 6.10 Å². The Morgan fingerprint density at radius 2 is 1.83 bits per heavy atom. The summed E-state index contributed by atoms with van der Waals surface area (Å²) in [5.41, 5.74) is 5.41. The minimum Gasteiger partial charge on any atom is -0.383 e. The largest absolute Gasteiger partial charge is 0.383 e. The Labute approximate surface area is 112 Å². The monoisotopic (exact) mass is 262 g/mol. The predicted molar refractivity (Wildman–Crippen MR) is 74.0 cm³/mol. The number of benzene rings is 1. The van der Waals surface area contributed by atoms with E-state index >= 15 is 0 Å². The van der Waals surface area contributed by atoms with Crippen molar-refractivity contribution in [2.24, 2.45) is 0 Å². The SMILES string of the molecule is CCc1nnsc1C(O)c1cc(C)c(C)cc1C. The first-order valence-electron chi connectivity index (χ1n) is 6.11. The normalized spacial score (nSPS) is 12.7. The minimum absolute atomic E-state index is 0.612. The lowest BCUT2D eigenvalue weighted by Gasteiger charge is -2.15. The van der Waals surface area contributed by atoms with E-state index in [4.69, 9.17) is 0 Å². The summed E-state index contributed by atoms with van der Waals surface area (Å²) in [4.78, 5) is 0.865. The molecule has 0 saturated heterocycles. The summed E-state index contributed by atoms with van der Waals surface area (Å²) in [6.45, 7) is 8.21. The van der Waals surface area contributed by atoms with Crippen molar-refractivity contribution in [3.05, 3.63) is 45.0 Å². The molecule has 1 N–H and O–H groups in total. The van der Waals surface area contributed by atoms with E-state index in [0.29, 0.717) is 0 Å². The van der Waals surface area contributed by atoms with Gasteiger partial charge in [-0.05, 0) is 61.0 Å². The van der Waals surface area contributed by atoms with Gasteiger partial charge in [-0.15, -0.1) is 5.10 Å². The Bertz CT molecular complexity index is 563. The van der Waals surface area contributed by atoms with Crippen LogP contribution in [-0.4, -0.2) is 14.7 Å². The van der Waals surface area contributed by atoms with E-state index in [-0.39, 0.29) is 0 Å². The molecular weight excluding hydrogens is 244 g/mol. The number of hydrogen-bond donors (Lipinski definition) is 1. The zero-order chi connectivity index (χ0) is 13.3. The predicted octanol–water partition coefficient (Wildman–Crippen LogP) is 3.11. The van der Waals surface area contributed by atoms with Gasteiger partial charge in [-0.2, -0.15) is 0 Å². The summed E-state index contributed by atoms with van der Waals surface area (Å²) < 4.78 is 3.94. The van der Waals surface area contributed by atoms with Crippen LogP contribution in [0.2, 0.25) is 0 Å². The van der Waals surface area contributed by atoms with Crippen molar-refractivity contribution < 1.29 is 5.11 Å². The van der Waals surface area contributed by atoms with Gasteiger partial charge < -0.3 is 5.11 Å². The van der Waals surface area contributed by atoms with Gasteiger partial charge in [0, 0.05) is 0 Å². The lowest BCUT2D eigenvalue weighted by Crippen LogP contribution is -2.04. The molecule has 1 aromatic carbocycles. The molecule has 0 aliphatic heterocycles. The molecule has 0 radical (unpaired) electrons. The molecule has 0 saturated carbocycles. The van der Waals surface area contributed by atoms with Crippen LogP contribution in [0.4, 0.5) is 0 Å². The van der Waals surface area contributed by atoms with Crippen LogP contribution in [0, 0.1) is 20.8 Å². The zero-order valence-corrected chi connectivity index (χ0v) is 12.0. The van der Waals surface area contributed by atoms with Crippen molar-refractivity contribution in [2.75, 3.05) is 0 Å². The maximum atomic E-state index is 10.5. The van der Waals surface area contributed by atoms with Crippen molar-refractivity contribution in [2.45, 2.75) is 40.2 Å². The van der Waals surface area contributed by atoms with Gasteiger partial charge in [-0.1, -0.05) is 23.5 Å². The molecular formula is C14H18N2OS. The third-order valence-electron chi connectivity index (χ3n) is 3.35. The smallest absolute Gasteiger partial charge is 0.117 e. The maximum Gasteiger partial charge on any atom is 0.117 e. The molecule has 0 fully saturated rings. The highest BCUT2D eigenvalue weighted by atomic mass is 32.1. The molecule has 2 aromatic rings. The summed E-state index contributed by atoms with van der Waals surface area (Å²) >= 11 is 1.28. The number of hydrogen-bond acceptors (Lipinski definition) is 4. The number of rotatable bonds is 3. The molecule has 0 amide bonds. The van der Waals surface area contributed by atoms with E-state index in [2.05, 4.69) is 35.6 Å². The van der Waals surface area contributed by atoms with Gasteiger partial charge in [0.1, 0.15) is 6.10 Å². The second kappa shape index (κ2) is 5.16. The van der Waals surface area contributed by atoms with E-state index in [1.807, 2.05) is 13.8 Å². The number of aromatic nitrogens is 2. The van der Waals surface area contributed by atoms with Gasteiger partial charge in [0.15, 0.2) is 0 Å². The van der Waals surface area contributed by atoms with Crippen molar-refractivity contribution in [1.82, 2.24) is 9.59 Å². The summed E-state index contributed by atoms with van der Waals surface area (Å²) in [5, 5.41) is 14.6. The number of aliphatic hydroxyl groups is 1. The van der Waals surface area contributed by atoms with Gasteiger partial charge in [-0.25, -0.2) is 0 Å². The number of aryl methyl sites for hydroxylation is 4. The summed E-state index contributed by atoms with van der Waals surface area (Å²) in [6.07, 6.45) is 0.187. The molecule has 4 heteroatoms. The van der Waals surface area contributed by atoms with Gasteiger partial charge >= 0.3 is 0 Å². The van der Waals surface area contributed by atoms with Crippen molar-refractivity contribution in [3.8, 4) is 0 Å². The third kappa shape index (κ3) is 2.31. The molecule has 1 atom stereocenters. The first-order chi connectivity index (χ1) is 8.54. The maximum absolute atomic E-state index is 10.5. The zero-order valence-electron chi connectivity index (χ0n) is 11.2. The quantitative estimate of drug-likeness (QED) is 0.924. The van der Waals surface area contributed by atoms with Gasteiger partial charge in [0.25, 0.3) is 0 Å². The van der Waals surface area contributed by atoms with Crippen LogP contribution in [0.3, 0.4) is 0 Å². The van der Waals surface area contributed by atoms with Crippen LogP contribution in [-0.2, 0) is 6.42 Å². The molecule has 3 nitrogen and oxygen atoms in total. The number of aliphatic hydroxyl groups excluding tert-OH is 1. The molecule has 0 aliphatic carbocycles. The molecule has 18 heavy (non-hydrogen) atoms. The minimum atomic E-state index is -0.612. The second-order valence-corrected chi connectivity index (χ2v) is 5.42. The second-order valence-electron chi connectivity index (χ2n) is 4.63. The van der Waals surface area contributed by atoms with Crippen LogP contribution in [0.25, 0.3) is 0 Å². The molecule has 0 spiro atoms. The molecule has 1 aromatic heterocycles. The Morgan fingerprint density at radius 1 is 1.17 bits per heavy atom. The van der Waals surface area contributed by atoms with Crippen LogP contribution >= 0.6 is 11.5 Å². The third-order valence-corrected chi connectivity index (χ3v) is 4.16. The van der Waals surface area contributed by atoms with Crippen molar-refractivity contribution in [1.29, 1.82) is 0 Å². The average Bonchev–Trinajstić information content (AvgIpc) is 2.81. The number of nitrogens with zero attached hydrogens (tertiary/aromatic N) is 2. The highest BCUT2D eigenvalue weighted by Crippen LogP contribution is 2.30. The summed E-state index contributed by atoms with van der Waals surface area (Å²) in [7, 11) is 0. The summed E-state index contributed by atoms with van der Waals surface area (Å²) in [6, 6.07) is 4.18. The Kier molecular flexibility index (Phi) is 3.78. The van der Waals surface area contributed by atoms with Crippen molar-refractivity contribution in [3.63, 3.8) is 0 Å². The van der Waals surface area contributed by atoms with Crippen LogP contribution in [0.1, 0.15) is 45.9 Å². The van der Waals surface area contributed by atoms with E-state index in [0.717, 1.165) is 28.1 Å². The Morgan fingerprint density at radius 3 is 2.50 bits per heavy atom. The van der Waals surface area contributed by atoms with Gasteiger partial charge in [0.2, 0.25) is 0 Å². The molecule has 2 rings (SSSR count). The molecule has 96 valence electrons. The molecule has 0 bridgehead atoms. The fourth-order valence-corrected chi connectivity index (χ4v) is 2.83. The standard InChI is InChI=1S/C14H18N2OS/c1-5-12-14(18-16-15-12)13(17)11-7-9(3)8(2)6-10(11)4/h6-7,13,17H,5H2,1-4H3. The molecule has 1 unspecified atom stereocenters. The average molecular weight is 262 g/mol. The van der Waals surface area contributed by atoms with Crippen LogP contribution < -0.4 is 0 Å². The fourth-order valence-electron chi connectivity index (χ4n) is 2.09. The fraction of sp³-hybridized carbons (Fsp3) is 0.429. The van der Waals surface area contributed by atoms with Gasteiger partial charge in [-0.3, -0.25) is 0 Å². The highest BCUT2D eigenvalue weighted by molar-refractivity contribution is 7.05. The Balaban J connectivity index is 2.46. The lowest BCUT2D eigenvalue weighted by atomic mass is 9.96. The first-order valence-corrected chi connectivity index (χ1v) is 6.88. The van der Waals surface area contributed by atoms with E-state index in [9.17, 15) is 5.11 Å².